The molecule has 0 aliphatic heterocycles. The number of alkyl halides is 2. The zero-order valence-electron chi connectivity index (χ0n) is 9.26. The minimum absolute atomic E-state index is 0.123. The Morgan fingerprint density at radius 1 is 1.33 bits per heavy atom. The summed E-state index contributed by atoms with van der Waals surface area (Å²) in [6.45, 7) is 3.85. The second-order valence-corrected chi connectivity index (χ2v) is 3.23. The molecule has 15 heavy (non-hydrogen) atoms. The van der Waals surface area contributed by atoms with Gasteiger partial charge in [0.25, 0.3) is 6.43 Å². The number of esters is 1. The van der Waals surface area contributed by atoms with Gasteiger partial charge in [0.15, 0.2) is 0 Å². The zero-order chi connectivity index (χ0) is 11.7. The average molecular weight is 220 g/mol. The van der Waals surface area contributed by atoms with Crippen molar-refractivity contribution in [2.45, 2.75) is 46.0 Å². The van der Waals surface area contributed by atoms with Gasteiger partial charge in [-0.3, -0.25) is 0 Å². The molecule has 0 bridgehead atoms. The highest BCUT2D eigenvalue weighted by Gasteiger charge is 2.12. The van der Waals surface area contributed by atoms with E-state index >= 15 is 0 Å². The van der Waals surface area contributed by atoms with Gasteiger partial charge < -0.3 is 4.74 Å². The van der Waals surface area contributed by atoms with Gasteiger partial charge >= 0.3 is 5.97 Å². The van der Waals surface area contributed by atoms with Crippen LogP contribution < -0.4 is 0 Å². The van der Waals surface area contributed by atoms with Crippen molar-refractivity contribution in [3.63, 3.8) is 0 Å². The molecule has 0 amide bonds. The molecule has 4 heteroatoms. The van der Waals surface area contributed by atoms with Crippen molar-refractivity contribution >= 4 is 5.97 Å². The molecule has 0 N–H and O–H groups in total. The second-order valence-electron chi connectivity index (χ2n) is 3.23. The largest absolute Gasteiger partial charge is 0.463 e. The maximum absolute atomic E-state index is 12.5. The molecule has 0 radical (unpaired) electrons. The van der Waals surface area contributed by atoms with Crippen LogP contribution >= 0.6 is 0 Å². The van der Waals surface area contributed by atoms with Crippen LogP contribution in [0.5, 0.6) is 0 Å². The number of carbonyl (C=O) groups is 1. The lowest BCUT2D eigenvalue weighted by molar-refractivity contribution is -0.137. The minimum Gasteiger partial charge on any atom is -0.463 e. The van der Waals surface area contributed by atoms with Crippen molar-refractivity contribution in [3.8, 4) is 0 Å². The van der Waals surface area contributed by atoms with E-state index in [0.717, 1.165) is 18.9 Å². The number of ether oxygens (including phenoxy) is 1. The quantitative estimate of drug-likeness (QED) is 0.374. The lowest BCUT2D eigenvalue weighted by Gasteiger charge is -2.05. The number of hydrogen-bond donors (Lipinski definition) is 0. The summed E-state index contributed by atoms with van der Waals surface area (Å²) in [5.41, 5.74) is -0.123. The Morgan fingerprint density at radius 3 is 2.47 bits per heavy atom. The molecule has 0 aromatic heterocycles. The SMILES string of the molecule is CCCCC/C(=C\C(=O)OCC)C(F)F. The van der Waals surface area contributed by atoms with Crippen LogP contribution in [0.25, 0.3) is 0 Å². The molecule has 0 aromatic rings. The van der Waals surface area contributed by atoms with Crippen LogP contribution in [0.1, 0.15) is 39.5 Å². The molecular weight excluding hydrogens is 202 g/mol. The van der Waals surface area contributed by atoms with E-state index < -0.39 is 12.4 Å². The highest BCUT2D eigenvalue weighted by molar-refractivity contribution is 5.82. The first kappa shape index (κ1) is 14.1. The van der Waals surface area contributed by atoms with Crippen LogP contribution in [-0.4, -0.2) is 19.0 Å². The van der Waals surface area contributed by atoms with E-state index in [1.807, 2.05) is 6.92 Å². The summed E-state index contributed by atoms with van der Waals surface area (Å²) in [6.07, 6.45) is 1.18. The summed E-state index contributed by atoms with van der Waals surface area (Å²) in [7, 11) is 0. The summed E-state index contributed by atoms with van der Waals surface area (Å²) in [5, 5.41) is 0. The van der Waals surface area contributed by atoms with Gasteiger partial charge in [-0.25, -0.2) is 13.6 Å². The first-order valence-electron chi connectivity index (χ1n) is 5.27. The standard InChI is InChI=1S/C11H18F2O2/c1-3-5-6-7-9(11(12)13)8-10(14)15-4-2/h8,11H,3-7H2,1-2H3/b9-8+. The molecule has 0 aromatic carbocycles. The summed E-state index contributed by atoms with van der Waals surface area (Å²) < 4.78 is 29.5. The topological polar surface area (TPSA) is 26.3 Å². The molecule has 0 rings (SSSR count). The fourth-order valence-corrected chi connectivity index (χ4v) is 1.16. The Labute approximate surface area is 89.3 Å². The summed E-state index contributed by atoms with van der Waals surface area (Å²) in [6, 6.07) is 0. The van der Waals surface area contributed by atoms with Gasteiger partial charge in [-0.05, 0) is 19.8 Å². The Kier molecular flexibility index (Phi) is 7.86. The summed E-state index contributed by atoms with van der Waals surface area (Å²) in [4.78, 5) is 11.0. The Bertz CT molecular complexity index is 213. The van der Waals surface area contributed by atoms with Crippen LogP contribution in [0.3, 0.4) is 0 Å². The molecule has 88 valence electrons. The van der Waals surface area contributed by atoms with E-state index in [4.69, 9.17) is 0 Å². The average Bonchev–Trinajstić information content (AvgIpc) is 2.16. The van der Waals surface area contributed by atoms with Crippen molar-refractivity contribution in [1.29, 1.82) is 0 Å². The van der Waals surface area contributed by atoms with Crippen molar-refractivity contribution in [3.05, 3.63) is 11.6 Å². The Balaban J connectivity index is 4.18. The Morgan fingerprint density at radius 2 is 2.00 bits per heavy atom. The number of hydrogen-bond acceptors (Lipinski definition) is 2. The summed E-state index contributed by atoms with van der Waals surface area (Å²) >= 11 is 0. The smallest absolute Gasteiger partial charge is 0.330 e. The molecule has 0 spiro atoms. The summed E-state index contributed by atoms with van der Waals surface area (Å²) in [5.74, 6) is -0.677. The van der Waals surface area contributed by atoms with Gasteiger partial charge in [0.05, 0.1) is 6.61 Å². The van der Waals surface area contributed by atoms with Gasteiger partial charge in [0, 0.05) is 11.6 Å². The highest BCUT2D eigenvalue weighted by Crippen LogP contribution is 2.16. The minimum atomic E-state index is -2.56. The van der Waals surface area contributed by atoms with Crippen molar-refractivity contribution in [2.75, 3.05) is 6.61 Å². The van der Waals surface area contributed by atoms with Crippen molar-refractivity contribution in [1.82, 2.24) is 0 Å². The molecule has 0 saturated carbocycles. The van der Waals surface area contributed by atoms with Crippen LogP contribution in [0.15, 0.2) is 11.6 Å². The predicted octanol–water partition coefficient (Wildman–Crippen LogP) is 3.32. The van der Waals surface area contributed by atoms with E-state index in [-0.39, 0.29) is 18.6 Å². The molecular formula is C11H18F2O2. The van der Waals surface area contributed by atoms with Crippen LogP contribution in [0.2, 0.25) is 0 Å². The third-order valence-electron chi connectivity index (χ3n) is 1.94. The Hall–Kier alpha value is -0.930. The van der Waals surface area contributed by atoms with Gasteiger partial charge in [-0.2, -0.15) is 0 Å². The maximum atomic E-state index is 12.5. The highest BCUT2D eigenvalue weighted by atomic mass is 19.3. The number of allylic oxidation sites excluding steroid dienone is 1. The molecule has 0 aliphatic carbocycles. The van der Waals surface area contributed by atoms with Gasteiger partial charge in [-0.1, -0.05) is 19.8 Å². The third kappa shape index (κ3) is 7.05. The monoisotopic (exact) mass is 220 g/mol. The lowest BCUT2D eigenvalue weighted by Crippen LogP contribution is -2.05. The van der Waals surface area contributed by atoms with Crippen LogP contribution in [0.4, 0.5) is 8.78 Å². The van der Waals surface area contributed by atoms with Crippen molar-refractivity contribution < 1.29 is 18.3 Å². The molecule has 0 heterocycles. The second kappa shape index (κ2) is 8.38. The number of rotatable bonds is 7. The first-order chi connectivity index (χ1) is 7.11. The molecule has 0 atom stereocenters. The van der Waals surface area contributed by atoms with Gasteiger partial charge in [0.1, 0.15) is 0 Å². The van der Waals surface area contributed by atoms with E-state index in [1.165, 1.54) is 0 Å². The van der Waals surface area contributed by atoms with Crippen LogP contribution in [-0.2, 0) is 9.53 Å². The van der Waals surface area contributed by atoms with Crippen LogP contribution in [0, 0.1) is 0 Å². The van der Waals surface area contributed by atoms with E-state index in [1.54, 1.807) is 6.92 Å². The molecule has 0 fully saturated rings. The van der Waals surface area contributed by atoms with Crippen molar-refractivity contribution in [2.24, 2.45) is 0 Å². The van der Waals surface area contributed by atoms with E-state index in [9.17, 15) is 13.6 Å². The number of unbranched alkanes of at least 4 members (excludes halogenated alkanes) is 2. The molecule has 0 aliphatic rings. The number of halogens is 2. The van der Waals surface area contributed by atoms with E-state index in [2.05, 4.69) is 4.74 Å². The lowest BCUT2D eigenvalue weighted by atomic mass is 10.1. The first-order valence-corrected chi connectivity index (χ1v) is 5.27. The predicted molar refractivity (Wildman–Crippen MR) is 54.9 cm³/mol. The number of carbonyl (C=O) groups excluding carboxylic acids is 1. The maximum Gasteiger partial charge on any atom is 0.330 e. The third-order valence-corrected chi connectivity index (χ3v) is 1.94. The normalized spacial score (nSPS) is 11.9. The van der Waals surface area contributed by atoms with Gasteiger partial charge in [0.2, 0.25) is 0 Å². The van der Waals surface area contributed by atoms with Gasteiger partial charge in [-0.15, -0.1) is 0 Å². The molecule has 0 unspecified atom stereocenters. The van der Waals surface area contributed by atoms with E-state index in [0.29, 0.717) is 6.42 Å². The molecule has 0 saturated heterocycles. The fraction of sp³-hybridized carbons (Fsp3) is 0.727. The fourth-order valence-electron chi connectivity index (χ4n) is 1.16. The zero-order valence-corrected chi connectivity index (χ0v) is 9.26. The molecule has 2 nitrogen and oxygen atoms in total.